The normalized spacial score (nSPS) is 18.5. The molecule has 1 aliphatic heterocycles. The molecule has 1 aromatic carbocycles. The summed E-state index contributed by atoms with van der Waals surface area (Å²) in [4.78, 5) is 25.0. The fourth-order valence-electron chi connectivity index (χ4n) is 2.51. The van der Waals surface area contributed by atoms with E-state index < -0.39 is 29.3 Å². The highest BCUT2D eigenvalue weighted by atomic mass is 19.1. The Morgan fingerprint density at radius 1 is 1.38 bits per heavy atom. The Kier molecular flexibility index (Phi) is 4.37. The minimum Gasteiger partial charge on any atom is -0.503 e. The maximum atomic E-state index is 14.0. The van der Waals surface area contributed by atoms with Gasteiger partial charge in [0.2, 0.25) is 0 Å². The third-order valence-electron chi connectivity index (χ3n) is 3.44. The summed E-state index contributed by atoms with van der Waals surface area (Å²) in [5, 5.41) is 18.8. The van der Waals surface area contributed by atoms with Gasteiger partial charge in [0, 0.05) is 18.7 Å². The van der Waals surface area contributed by atoms with Gasteiger partial charge in [0.1, 0.15) is 5.82 Å². The van der Waals surface area contributed by atoms with E-state index in [-0.39, 0.29) is 30.7 Å². The van der Waals surface area contributed by atoms with Crippen molar-refractivity contribution in [2.45, 2.75) is 19.4 Å². The molecule has 0 saturated carbocycles. The Morgan fingerprint density at radius 2 is 2.05 bits per heavy atom. The van der Waals surface area contributed by atoms with Crippen LogP contribution in [0.4, 0.5) is 4.39 Å². The lowest BCUT2D eigenvalue weighted by Crippen LogP contribution is -2.32. The predicted octanol–water partition coefficient (Wildman–Crippen LogP) is 1.49. The van der Waals surface area contributed by atoms with E-state index in [4.69, 9.17) is 5.11 Å². The maximum absolute atomic E-state index is 14.0. The first-order chi connectivity index (χ1) is 9.99. The van der Waals surface area contributed by atoms with Crippen molar-refractivity contribution in [1.82, 2.24) is 4.90 Å². The van der Waals surface area contributed by atoms with Crippen LogP contribution in [-0.4, -0.2) is 40.0 Å². The number of halogens is 1. The van der Waals surface area contributed by atoms with Gasteiger partial charge in [0.05, 0.1) is 11.6 Å². The summed E-state index contributed by atoms with van der Waals surface area (Å²) in [5.41, 5.74) is 0.0427. The van der Waals surface area contributed by atoms with Crippen LogP contribution in [0, 0.1) is 5.82 Å². The minimum atomic E-state index is -0.956. The number of rotatable bonds is 5. The number of benzene rings is 1. The van der Waals surface area contributed by atoms with E-state index in [1.165, 1.54) is 30.0 Å². The van der Waals surface area contributed by atoms with Gasteiger partial charge in [-0.2, -0.15) is 0 Å². The summed E-state index contributed by atoms with van der Waals surface area (Å²) < 4.78 is 14.0. The zero-order chi connectivity index (χ0) is 15.6. The molecule has 6 heteroatoms. The summed E-state index contributed by atoms with van der Waals surface area (Å²) in [6.07, 6.45) is 0.273. The van der Waals surface area contributed by atoms with Crippen molar-refractivity contribution in [2.24, 2.45) is 0 Å². The average Bonchev–Trinajstić information content (AvgIpc) is 2.69. The van der Waals surface area contributed by atoms with Gasteiger partial charge in [-0.1, -0.05) is 18.2 Å². The molecule has 1 aliphatic rings. The molecule has 1 heterocycles. The molecule has 1 unspecified atom stereocenters. The third-order valence-corrected chi connectivity index (χ3v) is 3.44. The van der Waals surface area contributed by atoms with Crippen molar-refractivity contribution < 1.29 is 24.2 Å². The van der Waals surface area contributed by atoms with Crippen molar-refractivity contribution in [2.75, 3.05) is 13.2 Å². The number of Topliss-reactive ketones (excluding diaryl/α,β-unsaturated/α-hetero) is 1. The molecule has 2 N–H and O–H groups in total. The molecule has 1 atom stereocenters. The monoisotopic (exact) mass is 293 g/mol. The maximum Gasteiger partial charge on any atom is 0.290 e. The van der Waals surface area contributed by atoms with Crippen LogP contribution in [0.3, 0.4) is 0 Å². The minimum absolute atomic E-state index is 0.108. The number of amides is 1. The number of carbonyl (C=O) groups excluding carboxylic acids is 2. The van der Waals surface area contributed by atoms with E-state index in [1.807, 2.05) is 0 Å². The zero-order valence-electron chi connectivity index (χ0n) is 11.5. The van der Waals surface area contributed by atoms with E-state index >= 15 is 0 Å². The molecule has 0 radical (unpaired) electrons. The molecule has 112 valence electrons. The first-order valence-corrected chi connectivity index (χ1v) is 6.59. The topological polar surface area (TPSA) is 77.8 Å². The first kappa shape index (κ1) is 15.2. The van der Waals surface area contributed by atoms with Crippen molar-refractivity contribution in [3.05, 3.63) is 47.0 Å². The Balaban J connectivity index is 2.52. The van der Waals surface area contributed by atoms with Gasteiger partial charge in [0.15, 0.2) is 11.5 Å². The molecular weight excluding hydrogens is 277 g/mol. The highest BCUT2D eigenvalue weighted by Crippen LogP contribution is 2.38. The zero-order valence-corrected chi connectivity index (χ0v) is 11.5. The van der Waals surface area contributed by atoms with Gasteiger partial charge in [0.25, 0.3) is 5.91 Å². The van der Waals surface area contributed by atoms with Crippen molar-refractivity contribution in [3.8, 4) is 0 Å². The van der Waals surface area contributed by atoms with Crippen molar-refractivity contribution in [3.63, 3.8) is 0 Å². The van der Waals surface area contributed by atoms with E-state index in [9.17, 15) is 19.1 Å². The van der Waals surface area contributed by atoms with Gasteiger partial charge in [-0.05, 0) is 19.4 Å². The fourth-order valence-corrected chi connectivity index (χ4v) is 2.51. The third kappa shape index (κ3) is 2.67. The highest BCUT2D eigenvalue weighted by molar-refractivity contribution is 6.08. The van der Waals surface area contributed by atoms with Crippen LogP contribution >= 0.6 is 0 Å². The summed E-state index contributed by atoms with van der Waals surface area (Å²) in [6.45, 7) is 1.20. The number of hydrogen-bond acceptors (Lipinski definition) is 4. The summed E-state index contributed by atoms with van der Waals surface area (Å²) in [7, 11) is 0. The lowest BCUT2D eigenvalue weighted by molar-refractivity contribution is -0.129. The van der Waals surface area contributed by atoms with E-state index in [1.54, 1.807) is 6.07 Å². The van der Waals surface area contributed by atoms with Crippen molar-refractivity contribution in [1.29, 1.82) is 0 Å². The second kappa shape index (κ2) is 6.05. The van der Waals surface area contributed by atoms with Crippen LogP contribution in [0.2, 0.25) is 0 Å². The highest BCUT2D eigenvalue weighted by Gasteiger charge is 2.42. The van der Waals surface area contributed by atoms with Crippen LogP contribution < -0.4 is 0 Å². The van der Waals surface area contributed by atoms with Gasteiger partial charge < -0.3 is 15.1 Å². The van der Waals surface area contributed by atoms with Gasteiger partial charge in [-0.3, -0.25) is 9.59 Å². The predicted molar refractivity (Wildman–Crippen MR) is 72.9 cm³/mol. The summed E-state index contributed by atoms with van der Waals surface area (Å²) in [5.74, 6) is -2.41. The molecule has 0 bridgehead atoms. The standard InChI is InChI=1S/C15H16FNO4/c1-9(19)12-13(10-5-2-3-6-11(10)16)17(7-4-8-18)15(21)14(12)20/h2-3,5-6,13,18,20H,4,7-8H2,1H3. The lowest BCUT2D eigenvalue weighted by Gasteiger charge is -2.26. The largest absolute Gasteiger partial charge is 0.503 e. The Morgan fingerprint density at radius 3 is 2.62 bits per heavy atom. The van der Waals surface area contributed by atoms with Gasteiger partial charge in [-0.15, -0.1) is 0 Å². The lowest BCUT2D eigenvalue weighted by atomic mass is 9.96. The molecular formula is C15H16FNO4. The van der Waals surface area contributed by atoms with Gasteiger partial charge >= 0.3 is 0 Å². The molecule has 0 aliphatic carbocycles. The summed E-state index contributed by atoms with van der Waals surface area (Å²) in [6, 6.07) is 4.85. The molecule has 21 heavy (non-hydrogen) atoms. The van der Waals surface area contributed by atoms with Crippen LogP contribution in [0.1, 0.15) is 24.9 Å². The molecule has 2 rings (SSSR count). The number of hydrogen-bond donors (Lipinski definition) is 2. The number of ketones is 1. The fraction of sp³-hybridized carbons (Fsp3) is 0.333. The molecule has 1 amide bonds. The van der Waals surface area contributed by atoms with E-state index in [0.29, 0.717) is 0 Å². The van der Waals surface area contributed by atoms with Crippen LogP contribution in [0.25, 0.3) is 0 Å². The smallest absolute Gasteiger partial charge is 0.290 e. The molecule has 0 spiro atoms. The van der Waals surface area contributed by atoms with Crippen LogP contribution in [0.15, 0.2) is 35.6 Å². The number of carbonyl (C=O) groups is 2. The quantitative estimate of drug-likeness (QED) is 0.862. The first-order valence-electron chi connectivity index (χ1n) is 6.59. The van der Waals surface area contributed by atoms with E-state index in [0.717, 1.165) is 0 Å². The second-order valence-corrected chi connectivity index (χ2v) is 4.82. The van der Waals surface area contributed by atoms with Crippen molar-refractivity contribution >= 4 is 11.7 Å². The SMILES string of the molecule is CC(=O)C1=C(O)C(=O)N(CCCO)C1c1ccccc1F. The summed E-state index contributed by atoms with van der Waals surface area (Å²) >= 11 is 0. The average molecular weight is 293 g/mol. The number of aliphatic hydroxyl groups is 2. The van der Waals surface area contributed by atoms with Crippen LogP contribution in [0.5, 0.6) is 0 Å². The Bertz CT molecular complexity index is 611. The second-order valence-electron chi connectivity index (χ2n) is 4.82. The number of nitrogens with zero attached hydrogens (tertiary/aromatic N) is 1. The number of aliphatic hydroxyl groups excluding tert-OH is 2. The molecule has 1 aromatic rings. The Hall–Kier alpha value is -2.21. The van der Waals surface area contributed by atoms with Gasteiger partial charge in [-0.25, -0.2) is 4.39 Å². The molecule has 0 saturated heterocycles. The molecule has 5 nitrogen and oxygen atoms in total. The van der Waals surface area contributed by atoms with E-state index in [2.05, 4.69) is 0 Å². The Labute approximate surface area is 121 Å². The molecule has 0 fully saturated rings. The molecule has 0 aromatic heterocycles. The van der Waals surface area contributed by atoms with Crippen LogP contribution in [-0.2, 0) is 9.59 Å².